The number of allylic oxidation sites excluding steroid dienone is 2. The second-order valence-corrected chi connectivity index (χ2v) is 3.52. The van der Waals surface area contributed by atoms with Crippen LogP contribution in [0, 0.1) is 5.41 Å². The lowest BCUT2D eigenvalue weighted by Gasteiger charge is -2.25. The summed E-state index contributed by atoms with van der Waals surface area (Å²) in [7, 11) is 0. The van der Waals surface area contributed by atoms with Gasteiger partial charge in [-0.3, -0.25) is 4.79 Å². The van der Waals surface area contributed by atoms with Gasteiger partial charge in [-0.2, -0.15) is 0 Å². The van der Waals surface area contributed by atoms with Crippen molar-refractivity contribution in [1.29, 1.82) is 0 Å². The summed E-state index contributed by atoms with van der Waals surface area (Å²) in [6, 6.07) is 0. The van der Waals surface area contributed by atoms with E-state index < -0.39 is 0 Å². The molecule has 1 amide bonds. The maximum absolute atomic E-state index is 11.0. The summed E-state index contributed by atoms with van der Waals surface area (Å²) in [5, 5.41) is 2.73. The highest BCUT2D eigenvalue weighted by atomic mass is 16.1. The number of nitrogens with one attached hydrogen (secondary N) is 1. The van der Waals surface area contributed by atoms with Gasteiger partial charge in [0.05, 0.1) is 0 Å². The Labute approximate surface area is 67.0 Å². The Kier molecular flexibility index (Phi) is 1.85. The number of carbonyl (C=O) groups is 1. The third-order valence-electron chi connectivity index (χ3n) is 1.67. The molecule has 0 aliphatic carbocycles. The topological polar surface area (TPSA) is 29.1 Å². The zero-order valence-electron chi connectivity index (χ0n) is 6.98. The first kappa shape index (κ1) is 8.05. The highest BCUT2D eigenvalue weighted by molar-refractivity contribution is 5.80. The Balaban J connectivity index is 2.90. The van der Waals surface area contributed by atoms with Gasteiger partial charge >= 0.3 is 0 Å². The van der Waals surface area contributed by atoms with Crippen molar-refractivity contribution < 1.29 is 4.79 Å². The summed E-state index contributed by atoms with van der Waals surface area (Å²) in [4.78, 5) is 11.0. The fourth-order valence-electron chi connectivity index (χ4n) is 1.24. The van der Waals surface area contributed by atoms with Gasteiger partial charge in [0.25, 0.3) is 0 Å². The van der Waals surface area contributed by atoms with Crippen LogP contribution in [0.15, 0.2) is 24.4 Å². The monoisotopic (exact) mass is 151 g/mol. The van der Waals surface area contributed by atoms with Crippen LogP contribution in [-0.4, -0.2) is 5.91 Å². The van der Waals surface area contributed by atoms with Gasteiger partial charge in [-0.1, -0.05) is 26.5 Å². The lowest BCUT2D eigenvalue weighted by Crippen LogP contribution is -2.32. The number of carbonyl (C=O) groups excluding carboxylic acids is 1. The Bertz CT molecular complexity index is 226. The van der Waals surface area contributed by atoms with Crippen LogP contribution in [-0.2, 0) is 4.79 Å². The summed E-state index contributed by atoms with van der Waals surface area (Å²) in [5.41, 5.74) is 0.803. The molecular weight excluding hydrogens is 138 g/mol. The number of hydrogen-bond donors (Lipinski definition) is 1. The van der Waals surface area contributed by atoms with Crippen molar-refractivity contribution in [1.82, 2.24) is 5.32 Å². The lowest BCUT2D eigenvalue weighted by atomic mass is 9.85. The van der Waals surface area contributed by atoms with Gasteiger partial charge in [-0.05, 0) is 11.5 Å². The molecule has 0 fully saturated rings. The quantitative estimate of drug-likeness (QED) is 0.606. The van der Waals surface area contributed by atoms with E-state index in [1.807, 2.05) is 19.9 Å². The minimum Gasteiger partial charge on any atom is -0.326 e. The van der Waals surface area contributed by atoms with Crippen LogP contribution >= 0.6 is 0 Å². The molecule has 0 radical (unpaired) electrons. The molecule has 0 aromatic carbocycles. The summed E-state index contributed by atoms with van der Waals surface area (Å²) in [5.74, 6) is 0.0763. The van der Waals surface area contributed by atoms with Crippen molar-refractivity contribution in [2.45, 2.75) is 20.3 Å². The van der Waals surface area contributed by atoms with E-state index in [2.05, 4.69) is 11.9 Å². The normalized spacial score (nSPS) is 22.0. The van der Waals surface area contributed by atoms with Crippen LogP contribution in [0.2, 0.25) is 0 Å². The first-order valence-electron chi connectivity index (χ1n) is 3.69. The minimum absolute atomic E-state index is 0.0220. The first-order chi connectivity index (χ1) is 5.03. The molecule has 0 saturated carbocycles. The van der Waals surface area contributed by atoms with Crippen molar-refractivity contribution in [3.8, 4) is 0 Å². The molecule has 0 aromatic heterocycles. The van der Waals surface area contributed by atoms with E-state index in [-0.39, 0.29) is 11.3 Å². The Hall–Kier alpha value is -1.05. The van der Waals surface area contributed by atoms with E-state index in [1.165, 1.54) is 0 Å². The predicted molar refractivity (Wildman–Crippen MR) is 44.8 cm³/mol. The van der Waals surface area contributed by atoms with E-state index in [9.17, 15) is 4.79 Å². The Morgan fingerprint density at radius 3 is 2.82 bits per heavy atom. The van der Waals surface area contributed by atoms with Crippen molar-refractivity contribution in [2.75, 3.05) is 0 Å². The second-order valence-electron chi connectivity index (χ2n) is 3.52. The van der Waals surface area contributed by atoms with Crippen LogP contribution in [0.25, 0.3) is 0 Å². The second kappa shape index (κ2) is 2.53. The molecule has 1 N–H and O–H groups in total. The van der Waals surface area contributed by atoms with Crippen LogP contribution in [0.3, 0.4) is 0 Å². The molecule has 0 bridgehead atoms. The summed E-state index contributed by atoms with van der Waals surface area (Å²) in [6.07, 6.45) is 4.25. The molecule has 0 unspecified atom stereocenters. The number of amides is 1. The molecular formula is C9H13NO. The number of hydrogen-bond acceptors (Lipinski definition) is 1. The van der Waals surface area contributed by atoms with Crippen molar-refractivity contribution >= 4 is 5.91 Å². The van der Waals surface area contributed by atoms with Crippen LogP contribution in [0.1, 0.15) is 20.3 Å². The molecule has 60 valence electrons. The standard InChI is InChI=1S/C9H13NO/c1-4-7-5-9(2,3)6-8(11)10-7/h4-5H,1,6H2,2-3H3,(H,10,11). The molecule has 0 atom stereocenters. The molecule has 2 heteroatoms. The Morgan fingerprint density at radius 2 is 2.36 bits per heavy atom. The van der Waals surface area contributed by atoms with Crippen molar-refractivity contribution in [2.24, 2.45) is 5.41 Å². The Morgan fingerprint density at radius 1 is 1.73 bits per heavy atom. The van der Waals surface area contributed by atoms with E-state index in [0.29, 0.717) is 6.42 Å². The lowest BCUT2D eigenvalue weighted by molar-refractivity contribution is -0.122. The minimum atomic E-state index is -0.0220. The largest absolute Gasteiger partial charge is 0.326 e. The smallest absolute Gasteiger partial charge is 0.225 e. The third-order valence-corrected chi connectivity index (χ3v) is 1.67. The van der Waals surface area contributed by atoms with Crippen molar-refractivity contribution in [3.05, 3.63) is 24.4 Å². The van der Waals surface area contributed by atoms with E-state index in [4.69, 9.17) is 0 Å². The van der Waals surface area contributed by atoms with Gasteiger partial charge in [0.15, 0.2) is 0 Å². The summed E-state index contributed by atoms with van der Waals surface area (Å²) < 4.78 is 0. The molecule has 0 saturated heterocycles. The van der Waals surface area contributed by atoms with E-state index >= 15 is 0 Å². The average Bonchev–Trinajstić information content (AvgIpc) is 1.83. The van der Waals surface area contributed by atoms with Gasteiger partial charge in [0.1, 0.15) is 0 Å². The molecule has 1 heterocycles. The fourth-order valence-corrected chi connectivity index (χ4v) is 1.24. The first-order valence-corrected chi connectivity index (χ1v) is 3.69. The predicted octanol–water partition coefficient (Wildman–Crippen LogP) is 1.60. The maximum atomic E-state index is 11.0. The third kappa shape index (κ3) is 1.93. The summed E-state index contributed by atoms with van der Waals surface area (Å²) >= 11 is 0. The highest BCUT2D eigenvalue weighted by Crippen LogP contribution is 2.26. The molecule has 0 aromatic rings. The van der Waals surface area contributed by atoms with E-state index in [0.717, 1.165) is 5.70 Å². The maximum Gasteiger partial charge on any atom is 0.225 e. The van der Waals surface area contributed by atoms with Crippen LogP contribution in [0.5, 0.6) is 0 Å². The van der Waals surface area contributed by atoms with Gasteiger partial charge in [-0.15, -0.1) is 0 Å². The van der Waals surface area contributed by atoms with Crippen LogP contribution < -0.4 is 5.32 Å². The average molecular weight is 151 g/mol. The van der Waals surface area contributed by atoms with Gasteiger partial charge in [0, 0.05) is 12.1 Å². The van der Waals surface area contributed by atoms with E-state index in [1.54, 1.807) is 6.08 Å². The highest BCUT2D eigenvalue weighted by Gasteiger charge is 2.24. The molecule has 11 heavy (non-hydrogen) atoms. The number of rotatable bonds is 1. The molecule has 0 spiro atoms. The van der Waals surface area contributed by atoms with Gasteiger partial charge in [-0.25, -0.2) is 0 Å². The SMILES string of the molecule is C=CC1=CC(C)(C)CC(=O)N1. The summed E-state index contributed by atoms with van der Waals surface area (Å²) in [6.45, 7) is 7.68. The molecule has 2 nitrogen and oxygen atoms in total. The zero-order valence-corrected chi connectivity index (χ0v) is 6.98. The van der Waals surface area contributed by atoms with Gasteiger partial charge in [0.2, 0.25) is 5.91 Å². The molecule has 1 rings (SSSR count). The van der Waals surface area contributed by atoms with Gasteiger partial charge < -0.3 is 5.32 Å². The van der Waals surface area contributed by atoms with Crippen LogP contribution in [0.4, 0.5) is 0 Å². The zero-order chi connectivity index (χ0) is 8.48. The molecule has 1 aliphatic rings. The van der Waals surface area contributed by atoms with Crippen molar-refractivity contribution in [3.63, 3.8) is 0 Å². The molecule has 1 aliphatic heterocycles. The fraction of sp³-hybridized carbons (Fsp3) is 0.444.